The Hall–Kier alpha value is -5.16. The number of rotatable bonds is 10. The summed E-state index contributed by atoms with van der Waals surface area (Å²) in [4.78, 5) is 60.9. The first kappa shape index (κ1) is 33.3. The summed E-state index contributed by atoms with van der Waals surface area (Å²) in [5.74, 6) is -3.21. The molecule has 0 bridgehead atoms. The number of para-hydroxylation sites is 1. The van der Waals surface area contributed by atoms with E-state index in [4.69, 9.17) is 10.2 Å². The zero-order chi connectivity index (χ0) is 32.1. The second kappa shape index (κ2) is 16.5. The largest absolute Gasteiger partial charge is 0.478 e. The SMILES string of the molecule is CC(=O)Nc1cccc(C(=O)N(CCN2CCC(C(=O)c3ccc(F)cc3)CC2)c2ccccc2)c1.O=C(O)/C=C/C(=O)O. The zero-order valence-electron chi connectivity index (χ0n) is 24.2. The number of carbonyl (C=O) groups is 5. The van der Waals surface area contributed by atoms with Crippen LogP contribution in [-0.2, 0) is 14.4 Å². The van der Waals surface area contributed by atoms with Gasteiger partial charge in [-0.15, -0.1) is 0 Å². The second-order valence-corrected chi connectivity index (χ2v) is 10.1. The topological polar surface area (TPSA) is 144 Å². The van der Waals surface area contributed by atoms with Gasteiger partial charge in [0.15, 0.2) is 5.78 Å². The normalized spacial score (nSPS) is 13.4. The maximum atomic E-state index is 13.5. The van der Waals surface area contributed by atoms with Crippen LogP contribution in [-0.4, -0.2) is 70.8 Å². The Balaban J connectivity index is 0.000000583. The Morgan fingerprint density at radius 3 is 2.05 bits per heavy atom. The maximum Gasteiger partial charge on any atom is 0.328 e. The monoisotopic (exact) mass is 603 g/mol. The molecule has 0 radical (unpaired) electrons. The molecular weight excluding hydrogens is 569 g/mol. The number of nitrogens with one attached hydrogen (secondary N) is 1. The Kier molecular flexibility index (Phi) is 12.5. The van der Waals surface area contributed by atoms with Crippen LogP contribution in [0.1, 0.15) is 40.5 Å². The van der Waals surface area contributed by atoms with Gasteiger partial charge in [-0.2, -0.15) is 0 Å². The van der Waals surface area contributed by atoms with Crippen LogP contribution in [0.15, 0.2) is 91.0 Å². The van der Waals surface area contributed by atoms with E-state index in [2.05, 4.69) is 10.2 Å². The molecule has 230 valence electrons. The first-order chi connectivity index (χ1) is 21.0. The van der Waals surface area contributed by atoms with Gasteiger partial charge >= 0.3 is 11.9 Å². The minimum absolute atomic E-state index is 0.0646. The molecule has 10 nitrogen and oxygen atoms in total. The molecule has 0 aliphatic carbocycles. The van der Waals surface area contributed by atoms with Crippen LogP contribution in [0.3, 0.4) is 0 Å². The standard InChI is InChI=1S/C29H30FN3O3.C4H4O4/c1-21(34)31-26-7-5-6-24(20-26)29(36)33(27-8-3-2-4-9-27)19-18-32-16-14-23(15-17-32)28(35)22-10-12-25(30)13-11-22;5-3(6)1-2-4(7)8/h2-13,20,23H,14-19H2,1H3,(H,31,34);1-2H,(H,5,6)(H,7,8)/b;2-1+. The van der Waals surface area contributed by atoms with Gasteiger partial charge in [-0.05, 0) is 80.5 Å². The summed E-state index contributed by atoms with van der Waals surface area (Å²) >= 11 is 0. The molecule has 44 heavy (non-hydrogen) atoms. The molecule has 1 heterocycles. The van der Waals surface area contributed by atoms with E-state index >= 15 is 0 Å². The summed E-state index contributed by atoms with van der Waals surface area (Å²) in [6.07, 6.45) is 2.58. The van der Waals surface area contributed by atoms with Crippen molar-refractivity contribution in [3.8, 4) is 0 Å². The molecule has 0 aromatic heterocycles. The van der Waals surface area contributed by atoms with E-state index in [0.717, 1.165) is 31.6 Å². The van der Waals surface area contributed by atoms with Crippen LogP contribution in [0.25, 0.3) is 0 Å². The average Bonchev–Trinajstić information content (AvgIpc) is 3.01. The van der Waals surface area contributed by atoms with Crippen molar-refractivity contribution >= 4 is 40.9 Å². The number of ketones is 1. The fourth-order valence-corrected chi connectivity index (χ4v) is 4.70. The van der Waals surface area contributed by atoms with Crippen LogP contribution in [0, 0.1) is 11.7 Å². The van der Waals surface area contributed by atoms with Gasteiger partial charge in [-0.25, -0.2) is 14.0 Å². The third-order valence-corrected chi connectivity index (χ3v) is 6.84. The number of piperidine rings is 1. The van der Waals surface area contributed by atoms with Crippen molar-refractivity contribution in [2.45, 2.75) is 19.8 Å². The van der Waals surface area contributed by atoms with Gasteiger partial charge in [-0.1, -0.05) is 24.3 Å². The highest BCUT2D eigenvalue weighted by Crippen LogP contribution is 2.23. The van der Waals surface area contributed by atoms with Gasteiger partial charge in [0, 0.05) is 60.6 Å². The van der Waals surface area contributed by atoms with Gasteiger partial charge in [0.1, 0.15) is 5.82 Å². The van der Waals surface area contributed by atoms with E-state index in [0.29, 0.717) is 42.1 Å². The first-order valence-electron chi connectivity index (χ1n) is 13.9. The quantitative estimate of drug-likeness (QED) is 0.223. The Morgan fingerprint density at radius 2 is 1.48 bits per heavy atom. The van der Waals surface area contributed by atoms with Crippen LogP contribution >= 0.6 is 0 Å². The lowest BCUT2D eigenvalue weighted by atomic mass is 9.89. The zero-order valence-corrected chi connectivity index (χ0v) is 24.2. The number of nitrogens with zero attached hydrogens (tertiary/aromatic N) is 2. The molecule has 0 unspecified atom stereocenters. The molecule has 4 rings (SSSR count). The number of carboxylic acid groups (broad SMARTS) is 2. The summed E-state index contributed by atoms with van der Waals surface area (Å²) in [7, 11) is 0. The summed E-state index contributed by atoms with van der Waals surface area (Å²) in [5, 5.41) is 18.4. The van der Waals surface area contributed by atoms with Crippen molar-refractivity contribution in [3.05, 3.63) is 108 Å². The molecule has 1 fully saturated rings. The van der Waals surface area contributed by atoms with Crippen molar-refractivity contribution in [1.82, 2.24) is 4.90 Å². The Labute approximate surface area is 254 Å². The molecular formula is C33H34FN3O7. The highest BCUT2D eigenvalue weighted by atomic mass is 19.1. The van der Waals surface area contributed by atoms with Crippen LogP contribution in [0.4, 0.5) is 15.8 Å². The third-order valence-electron chi connectivity index (χ3n) is 6.84. The summed E-state index contributed by atoms with van der Waals surface area (Å²) in [5.41, 5.74) is 2.42. The van der Waals surface area contributed by atoms with E-state index in [9.17, 15) is 28.4 Å². The number of anilines is 2. The van der Waals surface area contributed by atoms with Crippen molar-refractivity contribution in [2.75, 3.05) is 36.4 Å². The number of halogens is 1. The van der Waals surface area contributed by atoms with Gasteiger partial charge < -0.3 is 25.3 Å². The summed E-state index contributed by atoms with van der Waals surface area (Å²) in [6.45, 7) is 4.10. The van der Waals surface area contributed by atoms with Crippen molar-refractivity contribution in [1.29, 1.82) is 0 Å². The molecule has 3 aromatic carbocycles. The van der Waals surface area contributed by atoms with Crippen LogP contribution in [0.5, 0.6) is 0 Å². The number of hydrogen-bond donors (Lipinski definition) is 3. The second-order valence-electron chi connectivity index (χ2n) is 10.1. The molecule has 1 aliphatic rings. The molecule has 0 atom stereocenters. The molecule has 1 aliphatic heterocycles. The van der Waals surface area contributed by atoms with Gasteiger partial charge in [0.25, 0.3) is 5.91 Å². The smallest absolute Gasteiger partial charge is 0.328 e. The van der Waals surface area contributed by atoms with Crippen molar-refractivity contribution in [3.63, 3.8) is 0 Å². The number of carboxylic acids is 2. The molecule has 1 saturated heterocycles. The Morgan fingerprint density at radius 1 is 0.864 bits per heavy atom. The molecule has 3 aromatic rings. The molecule has 2 amide bonds. The van der Waals surface area contributed by atoms with E-state index in [1.807, 2.05) is 30.3 Å². The predicted octanol–water partition coefficient (Wildman–Crippen LogP) is 4.74. The lowest BCUT2D eigenvalue weighted by Crippen LogP contribution is -2.42. The van der Waals surface area contributed by atoms with E-state index in [1.54, 1.807) is 41.3 Å². The maximum absolute atomic E-state index is 13.5. The first-order valence-corrected chi connectivity index (χ1v) is 13.9. The minimum atomic E-state index is -1.26. The number of likely N-dealkylation sites (tertiary alicyclic amines) is 1. The van der Waals surface area contributed by atoms with Crippen LogP contribution in [0.2, 0.25) is 0 Å². The number of hydrogen-bond acceptors (Lipinski definition) is 6. The fraction of sp³-hybridized carbons (Fsp3) is 0.242. The molecule has 3 N–H and O–H groups in total. The van der Waals surface area contributed by atoms with E-state index < -0.39 is 11.9 Å². The number of benzene rings is 3. The van der Waals surface area contributed by atoms with Gasteiger partial charge in [0.2, 0.25) is 5.91 Å². The van der Waals surface area contributed by atoms with Gasteiger partial charge in [0.05, 0.1) is 0 Å². The fourth-order valence-electron chi connectivity index (χ4n) is 4.70. The number of carbonyl (C=O) groups excluding carboxylic acids is 3. The number of amides is 2. The van der Waals surface area contributed by atoms with Crippen molar-refractivity contribution < 1.29 is 38.6 Å². The number of Topliss-reactive ketones (excluding diaryl/α,β-unsaturated/α-hetero) is 1. The number of aliphatic carboxylic acids is 2. The predicted molar refractivity (Wildman–Crippen MR) is 163 cm³/mol. The lowest BCUT2D eigenvalue weighted by Gasteiger charge is -2.33. The van der Waals surface area contributed by atoms with E-state index in [-0.39, 0.29) is 29.3 Å². The molecule has 0 saturated carbocycles. The van der Waals surface area contributed by atoms with Gasteiger partial charge in [-0.3, -0.25) is 14.4 Å². The third kappa shape index (κ3) is 10.6. The highest BCUT2D eigenvalue weighted by Gasteiger charge is 2.27. The van der Waals surface area contributed by atoms with Crippen LogP contribution < -0.4 is 10.2 Å². The lowest BCUT2D eigenvalue weighted by molar-refractivity contribution is -0.134. The highest BCUT2D eigenvalue weighted by molar-refractivity contribution is 6.07. The Bertz CT molecular complexity index is 1470. The van der Waals surface area contributed by atoms with Crippen molar-refractivity contribution in [2.24, 2.45) is 5.92 Å². The minimum Gasteiger partial charge on any atom is -0.478 e. The van der Waals surface area contributed by atoms with E-state index in [1.165, 1.54) is 19.1 Å². The molecule has 11 heteroatoms. The summed E-state index contributed by atoms with van der Waals surface area (Å²) in [6, 6.07) is 22.2. The summed E-state index contributed by atoms with van der Waals surface area (Å²) < 4.78 is 13.2. The molecule has 0 spiro atoms. The average molecular weight is 604 g/mol.